The number of hydrogen-bond donors (Lipinski definition) is 1. The van der Waals surface area contributed by atoms with E-state index in [1.54, 1.807) is 6.92 Å². The van der Waals surface area contributed by atoms with Crippen molar-refractivity contribution in [2.24, 2.45) is 5.41 Å². The van der Waals surface area contributed by atoms with Gasteiger partial charge in [0.25, 0.3) is 5.91 Å². The van der Waals surface area contributed by atoms with E-state index in [4.69, 9.17) is 4.42 Å². The maximum absolute atomic E-state index is 13.1. The summed E-state index contributed by atoms with van der Waals surface area (Å²) in [4.78, 5) is 24.9. The summed E-state index contributed by atoms with van der Waals surface area (Å²) in [6.45, 7) is 5.72. The third-order valence-electron chi connectivity index (χ3n) is 4.16. The minimum Gasteiger partial charge on any atom is -0.455 e. The summed E-state index contributed by atoms with van der Waals surface area (Å²) in [5, 5.41) is 2.68. The van der Waals surface area contributed by atoms with Crippen LogP contribution in [0.3, 0.4) is 0 Å². The van der Waals surface area contributed by atoms with Crippen LogP contribution in [0.2, 0.25) is 0 Å². The molecule has 2 aromatic rings. The Morgan fingerprint density at radius 2 is 2.04 bits per heavy atom. The van der Waals surface area contributed by atoms with Crippen molar-refractivity contribution in [1.82, 2.24) is 0 Å². The number of halogens is 2. The topological polar surface area (TPSA) is 59.3 Å². The summed E-state index contributed by atoms with van der Waals surface area (Å²) in [6.07, 6.45) is 1.05. The zero-order valence-electron chi connectivity index (χ0n) is 13.6. The molecule has 4 nitrogen and oxygen atoms in total. The van der Waals surface area contributed by atoms with Gasteiger partial charge in [-0.3, -0.25) is 9.59 Å². The number of anilines is 1. The second kappa shape index (κ2) is 5.84. The minimum absolute atomic E-state index is 0.00418. The Hall–Kier alpha value is -1.95. The highest BCUT2D eigenvalue weighted by molar-refractivity contribution is 9.10. The molecule has 1 amide bonds. The molecule has 0 bridgehead atoms. The lowest BCUT2D eigenvalue weighted by Gasteiger charge is -2.27. The third-order valence-corrected chi connectivity index (χ3v) is 4.82. The van der Waals surface area contributed by atoms with Crippen LogP contribution >= 0.6 is 15.9 Å². The average molecular weight is 394 g/mol. The number of carbonyl (C=O) groups is 2. The molecule has 3 rings (SSSR count). The van der Waals surface area contributed by atoms with Crippen LogP contribution < -0.4 is 5.32 Å². The third kappa shape index (κ3) is 3.02. The summed E-state index contributed by atoms with van der Waals surface area (Å²) in [5.41, 5.74) is 1.34. The van der Waals surface area contributed by atoms with Crippen LogP contribution in [0.4, 0.5) is 10.1 Å². The summed E-state index contributed by atoms with van der Waals surface area (Å²) < 4.78 is 19.3. The summed E-state index contributed by atoms with van der Waals surface area (Å²) in [6, 6.07) is 3.98. The molecule has 24 heavy (non-hydrogen) atoms. The van der Waals surface area contributed by atoms with Crippen molar-refractivity contribution in [3.05, 3.63) is 51.1 Å². The summed E-state index contributed by atoms with van der Waals surface area (Å²) in [5.74, 6) is -0.166. The van der Waals surface area contributed by atoms with Gasteiger partial charge in [0.15, 0.2) is 11.5 Å². The van der Waals surface area contributed by atoms with Gasteiger partial charge in [-0.25, -0.2) is 4.39 Å². The Balaban J connectivity index is 1.93. The van der Waals surface area contributed by atoms with Crippen LogP contribution in [0.1, 0.15) is 52.5 Å². The molecule has 6 heteroatoms. The van der Waals surface area contributed by atoms with Gasteiger partial charge in [-0.2, -0.15) is 0 Å². The first-order valence-corrected chi connectivity index (χ1v) is 8.39. The molecule has 1 heterocycles. The first-order valence-electron chi connectivity index (χ1n) is 7.60. The number of benzene rings is 1. The molecule has 0 saturated heterocycles. The molecule has 1 aliphatic carbocycles. The molecule has 1 N–H and O–H groups in total. The molecule has 0 saturated carbocycles. The van der Waals surface area contributed by atoms with Crippen molar-refractivity contribution >= 4 is 33.3 Å². The molecular formula is C18H17BrFNO3. The van der Waals surface area contributed by atoms with E-state index < -0.39 is 11.7 Å². The highest BCUT2D eigenvalue weighted by atomic mass is 79.9. The van der Waals surface area contributed by atoms with Gasteiger partial charge >= 0.3 is 0 Å². The molecule has 0 spiro atoms. The lowest BCUT2D eigenvalue weighted by molar-refractivity contribution is 0.0898. The fourth-order valence-electron chi connectivity index (χ4n) is 3.07. The quantitative estimate of drug-likeness (QED) is 0.789. The van der Waals surface area contributed by atoms with Gasteiger partial charge in [-0.15, -0.1) is 0 Å². The Morgan fingerprint density at radius 1 is 1.33 bits per heavy atom. The maximum Gasteiger partial charge on any atom is 0.291 e. The SMILES string of the molecule is Cc1c(C(=O)Nc2ccc(F)cc2Br)oc2c1C(=O)CC(C)(C)C2. The van der Waals surface area contributed by atoms with Gasteiger partial charge < -0.3 is 9.73 Å². The molecule has 0 fully saturated rings. The fourth-order valence-corrected chi connectivity index (χ4v) is 3.52. The number of rotatable bonds is 2. The zero-order chi connectivity index (χ0) is 17.6. The number of Topliss-reactive ketones (excluding diaryl/α,β-unsaturated/α-hetero) is 1. The lowest BCUT2D eigenvalue weighted by atomic mass is 9.76. The first kappa shape index (κ1) is 16.9. The Kier molecular flexibility index (Phi) is 4.11. The van der Waals surface area contributed by atoms with E-state index in [9.17, 15) is 14.0 Å². The van der Waals surface area contributed by atoms with E-state index in [0.717, 1.165) is 0 Å². The molecule has 126 valence electrons. The number of furan rings is 1. The number of amides is 1. The van der Waals surface area contributed by atoms with Crippen molar-refractivity contribution in [2.75, 3.05) is 5.32 Å². The maximum atomic E-state index is 13.1. The van der Waals surface area contributed by atoms with Crippen molar-refractivity contribution in [3.63, 3.8) is 0 Å². The Labute approximate surface area is 147 Å². The lowest BCUT2D eigenvalue weighted by Crippen LogP contribution is -2.26. The number of fused-ring (bicyclic) bond motifs is 1. The molecule has 1 aromatic heterocycles. The monoisotopic (exact) mass is 393 g/mol. The first-order chi connectivity index (χ1) is 11.2. The molecular weight excluding hydrogens is 377 g/mol. The van der Waals surface area contributed by atoms with Gasteiger partial charge in [0.1, 0.15) is 11.6 Å². The standard InChI is InChI=1S/C18H17BrFNO3/c1-9-15-13(22)7-18(2,3)8-14(15)24-16(9)17(23)21-12-5-4-10(20)6-11(12)19/h4-6H,7-8H2,1-3H3,(H,21,23). The predicted molar refractivity (Wildman–Crippen MR) is 91.9 cm³/mol. The van der Waals surface area contributed by atoms with Gasteiger partial charge in [0, 0.05) is 22.9 Å². The van der Waals surface area contributed by atoms with Gasteiger partial charge in [0.2, 0.25) is 0 Å². The predicted octanol–water partition coefficient (Wildman–Crippen LogP) is 4.90. The van der Waals surface area contributed by atoms with Gasteiger partial charge in [0.05, 0.1) is 11.3 Å². The van der Waals surface area contributed by atoms with Crippen molar-refractivity contribution < 1.29 is 18.4 Å². The summed E-state index contributed by atoms with van der Waals surface area (Å²) in [7, 11) is 0. The molecule has 0 atom stereocenters. The second-order valence-electron chi connectivity index (χ2n) is 6.87. The van der Waals surface area contributed by atoms with Crippen LogP contribution in [0, 0.1) is 18.2 Å². The van der Waals surface area contributed by atoms with E-state index in [1.807, 2.05) is 13.8 Å². The molecule has 0 radical (unpaired) electrons. The number of hydrogen-bond acceptors (Lipinski definition) is 3. The number of carbonyl (C=O) groups excluding carboxylic acids is 2. The van der Waals surface area contributed by atoms with Crippen LogP contribution in [0.25, 0.3) is 0 Å². The van der Waals surface area contributed by atoms with E-state index in [0.29, 0.717) is 39.9 Å². The number of ketones is 1. The second-order valence-corrected chi connectivity index (χ2v) is 7.73. The van der Waals surface area contributed by atoms with E-state index in [2.05, 4.69) is 21.2 Å². The van der Waals surface area contributed by atoms with Crippen molar-refractivity contribution in [2.45, 2.75) is 33.6 Å². The fraction of sp³-hybridized carbons (Fsp3) is 0.333. The molecule has 0 aliphatic heterocycles. The van der Waals surface area contributed by atoms with E-state index >= 15 is 0 Å². The number of nitrogens with one attached hydrogen (secondary N) is 1. The van der Waals surface area contributed by atoms with Crippen LogP contribution in [0.15, 0.2) is 27.1 Å². The summed E-state index contributed by atoms with van der Waals surface area (Å²) >= 11 is 3.21. The van der Waals surface area contributed by atoms with Crippen LogP contribution in [0.5, 0.6) is 0 Å². The normalized spacial score (nSPS) is 16.0. The van der Waals surface area contributed by atoms with Gasteiger partial charge in [-0.1, -0.05) is 13.8 Å². The van der Waals surface area contributed by atoms with E-state index in [-0.39, 0.29) is 17.0 Å². The highest BCUT2D eigenvalue weighted by Gasteiger charge is 2.37. The molecule has 1 aromatic carbocycles. The largest absolute Gasteiger partial charge is 0.455 e. The minimum atomic E-state index is -0.459. The smallest absolute Gasteiger partial charge is 0.291 e. The molecule has 0 unspecified atom stereocenters. The van der Waals surface area contributed by atoms with Crippen LogP contribution in [-0.2, 0) is 6.42 Å². The van der Waals surface area contributed by atoms with Crippen LogP contribution in [-0.4, -0.2) is 11.7 Å². The molecule has 1 aliphatic rings. The average Bonchev–Trinajstić information content (AvgIpc) is 2.77. The van der Waals surface area contributed by atoms with Crippen molar-refractivity contribution in [3.8, 4) is 0 Å². The van der Waals surface area contributed by atoms with Gasteiger partial charge in [-0.05, 0) is 46.5 Å². The highest BCUT2D eigenvalue weighted by Crippen LogP contribution is 2.38. The van der Waals surface area contributed by atoms with E-state index in [1.165, 1.54) is 18.2 Å². The zero-order valence-corrected chi connectivity index (χ0v) is 15.2. The van der Waals surface area contributed by atoms with Crippen molar-refractivity contribution in [1.29, 1.82) is 0 Å². The Morgan fingerprint density at radius 3 is 2.71 bits per heavy atom. The Bertz CT molecular complexity index is 854.